The summed E-state index contributed by atoms with van der Waals surface area (Å²) in [7, 11) is 1.63. The van der Waals surface area contributed by atoms with Crippen LogP contribution in [0.2, 0.25) is 0 Å². The lowest BCUT2D eigenvalue weighted by atomic mass is 10.2. The zero-order chi connectivity index (χ0) is 13.0. The van der Waals surface area contributed by atoms with Crippen molar-refractivity contribution in [3.63, 3.8) is 0 Å². The number of ether oxygens (including phenoxy) is 1. The topological polar surface area (TPSA) is 71.7 Å². The molecule has 2 aromatic rings. The summed E-state index contributed by atoms with van der Waals surface area (Å²) in [6.07, 6.45) is 2.46. The summed E-state index contributed by atoms with van der Waals surface area (Å²) in [5, 5.41) is 16.5. The Bertz CT molecular complexity index is 506. The summed E-state index contributed by atoms with van der Waals surface area (Å²) >= 11 is 0. The number of hydrogen-bond donors (Lipinski definition) is 2. The molecule has 0 bridgehead atoms. The van der Waals surface area contributed by atoms with Crippen molar-refractivity contribution in [1.29, 1.82) is 0 Å². The van der Waals surface area contributed by atoms with E-state index < -0.39 is 0 Å². The van der Waals surface area contributed by atoms with Crippen LogP contribution in [0, 0.1) is 6.92 Å². The van der Waals surface area contributed by atoms with Gasteiger partial charge in [-0.1, -0.05) is 6.07 Å². The second-order valence-electron chi connectivity index (χ2n) is 4.20. The first kappa shape index (κ1) is 12.8. The number of anilines is 1. The van der Waals surface area contributed by atoms with Gasteiger partial charge in [0.2, 0.25) is 5.95 Å². The van der Waals surface area contributed by atoms with Gasteiger partial charge >= 0.3 is 0 Å². The highest BCUT2D eigenvalue weighted by atomic mass is 16.5. The molecule has 6 nitrogen and oxygen atoms in total. The van der Waals surface area contributed by atoms with Crippen LogP contribution in [0.4, 0.5) is 5.95 Å². The van der Waals surface area contributed by atoms with Crippen LogP contribution in [-0.4, -0.2) is 46.1 Å². The Morgan fingerprint density at radius 1 is 1.56 bits per heavy atom. The number of nitrogens with one attached hydrogen (secondary N) is 1. The van der Waals surface area contributed by atoms with Crippen LogP contribution in [0.1, 0.15) is 12.0 Å². The van der Waals surface area contributed by atoms with Gasteiger partial charge in [0.1, 0.15) is 0 Å². The molecule has 2 heterocycles. The molecule has 2 N–H and O–H groups in total. The molecule has 2 aromatic heterocycles. The van der Waals surface area contributed by atoms with Gasteiger partial charge in [0.05, 0.1) is 12.6 Å². The number of aliphatic hydroxyl groups is 1. The first-order valence-corrected chi connectivity index (χ1v) is 5.93. The van der Waals surface area contributed by atoms with Crippen LogP contribution in [0.25, 0.3) is 5.65 Å². The number of methoxy groups -OCH3 is 1. The molecule has 6 heteroatoms. The standard InChI is InChI=1S/C12H18N4O2/c1-9-4-3-6-16-11(9)14-12(15-16)13-10(5-7-17)8-18-2/h3-4,6,10,17H,5,7-8H2,1-2H3,(H,13,15). The third kappa shape index (κ3) is 2.77. The molecule has 0 aliphatic rings. The molecule has 1 unspecified atom stereocenters. The highest BCUT2D eigenvalue weighted by molar-refractivity contribution is 5.49. The van der Waals surface area contributed by atoms with Crippen LogP contribution in [0.3, 0.4) is 0 Å². The quantitative estimate of drug-likeness (QED) is 0.795. The maximum Gasteiger partial charge on any atom is 0.243 e. The fourth-order valence-electron chi connectivity index (χ4n) is 1.84. The SMILES string of the molecule is COCC(CCO)Nc1nc2c(C)cccn2n1. The van der Waals surface area contributed by atoms with Crippen molar-refractivity contribution in [2.75, 3.05) is 25.6 Å². The molecular formula is C12H18N4O2. The van der Waals surface area contributed by atoms with Crippen molar-refractivity contribution in [3.8, 4) is 0 Å². The lowest BCUT2D eigenvalue weighted by molar-refractivity contribution is 0.170. The number of hydrogen-bond acceptors (Lipinski definition) is 5. The number of aromatic nitrogens is 3. The van der Waals surface area contributed by atoms with Gasteiger partial charge in [-0.3, -0.25) is 0 Å². The minimum absolute atomic E-state index is 0.0118. The Morgan fingerprint density at radius 3 is 3.06 bits per heavy atom. The number of rotatable bonds is 6. The molecule has 0 aliphatic carbocycles. The lowest BCUT2D eigenvalue weighted by Crippen LogP contribution is -2.26. The molecular weight excluding hydrogens is 232 g/mol. The first-order chi connectivity index (χ1) is 8.74. The predicted octanol–water partition coefficient (Wildman–Crippen LogP) is 0.847. The number of fused-ring (bicyclic) bond motifs is 1. The van der Waals surface area contributed by atoms with E-state index in [4.69, 9.17) is 9.84 Å². The van der Waals surface area contributed by atoms with E-state index in [0.29, 0.717) is 19.0 Å². The molecule has 0 spiro atoms. The van der Waals surface area contributed by atoms with E-state index >= 15 is 0 Å². The van der Waals surface area contributed by atoms with Crippen LogP contribution >= 0.6 is 0 Å². The van der Waals surface area contributed by atoms with Gasteiger partial charge in [-0.25, -0.2) is 4.52 Å². The van der Waals surface area contributed by atoms with E-state index in [0.717, 1.165) is 11.2 Å². The Hall–Kier alpha value is -1.66. The van der Waals surface area contributed by atoms with Gasteiger partial charge in [-0.2, -0.15) is 4.98 Å². The van der Waals surface area contributed by atoms with Crippen LogP contribution in [-0.2, 0) is 4.74 Å². The minimum Gasteiger partial charge on any atom is -0.396 e. The van der Waals surface area contributed by atoms with E-state index in [-0.39, 0.29) is 12.6 Å². The van der Waals surface area contributed by atoms with Gasteiger partial charge in [-0.05, 0) is 25.0 Å². The third-order valence-corrected chi connectivity index (χ3v) is 2.74. The Balaban J connectivity index is 2.17. The van der Waals surface area contributed by atoms with Crippen LogP contribution in [0.15, 0.2) is 18.3 Å². The Morgan fingerprint density at radius 2 is 2.39 bits per heavy atom. The average molecular weight is 250 g/mol. The van der Waals surface area contributed by atoms with E-state index in [1.807, 2.05) is 25.3 Å². The summed E-state index contributed by atoms with van der Waals surface area (Å²) in [6.45, 7) is 2.61. The van der Waals surface area contributed by atoms with Crippen molar-refractivity contribution < 1.29 is 9.84 Å². The molecule has 0 aromatic carbocycles. The monoisotopic (exact) mass is 250 g/mol. The van der Waals surface area contributed by atoms with Crippen LogP contribution in [0.5, 0.6) is 0 Å². The highest BCUT2D eigenvalue weighted by Gasteiger charge is 2.11. The molecule has 1 atom stereocenters. The normalized spacial score (nSPS) is 12.8. The minimum atomic E-state index is 0.0118. The maximum absolute atomic E-state index is 8.98. The third-order valence-electron chi connectivity index (χ3n) is 2.74. The molecule has 0 amide bonds. The number of aliphatic hydroxyl groups excluding tert-OH is 1. The van der Waals surface area contributed by atoms with Crippen molar-refractivity contribution in [1.82, 2.24) is 14.6 Å². The summed E-state index contributed by atoms with van der Waals surface area (Å²) < 4.78 is 6.83. The van der Waals surface area contributed by atoms with Crippen molar-refractivity contribution in [3.05, 3.63) is 23.9 Å². The largest absolute Gasteiger partial charge is 0.396 e. The van der Waals surface area contributed by atoms with E-state index in [1.54, 1.807) is 11.6 Å². The molecule has 0 fully saturated rings. The van der Waals surface area contributed by atoms with Gasteiger partial charge < -0.3 is 15.2 Å². The fourth-order valence-corrected chi connectivity index (χ4v) is 1.84. The summed E-state index contributed by atoms with van der Waals surface area (Å²) in [5.74, 6) is 0.555. The molecule has 18 heavy (non-hydrogen) atoms. The predicted molar refractivity (Wildman–Crippen MR) is 68.7 cm³/mol. The van der Waals surface area contributed by atoms with E-state index in [9.17, 15) is 0 Å². The number of pyridine rings is 1. The molecule has 98 valence electrons. The van der Waals surface area contributed by atoms with Gasteiger partial charge in [0.25, 0.3) is 0 Å². The number of nitrogens with zero attached hydrogens (tertiary/aromatic N) is 3. The second-order valence-corrected chi connectivity index (χ2v) is 4.20. The summed E-state index contributed by atoms with van der Waals surface area (Å²) in [5.41, 5.74) is 1.91. The smallest absolute Gasteiger partial charge is 0.243 e. The molecule has 0 saturated heterocycles. The van der Waals surface area contributed by atoms with Crippen molar-refractivity contribution >= 4 is 11.6 Å². The average Bonchev–Trinajstić information content (AvgIpc) is 2.74. The van der Waals surface area contributed by atoms with Gasteiger partial charge in [0.15, 0.2) is 5.65 Å². The Kier molecular flexibility index (Phi) is 4.11. The van der Waals surface area contributed by atoms with E-state index in [1.165, 1.54) is 0 Å². The van der Waals surface area contributed by atoms with Crippen LogP contribution < -0.4 is 5.32 Å². The van der Waals surface area contributed by atoms with Gasteiger partial charge in [0, 0.05) is 19.9 Å². The molecule has 2 rings (SSSR count). The van der Waals surface area contributed by atoms with Crippen molar-refractivity contribution in [2.24, 2.45) is 0 Å². The zero-order valence-electron chi connectivity index (χ0n) is 10.6. The highest BCUT2D eigenvalue weighted by Crippen LogP contribution is 2.11. The number of aryl methyl sites for hydroxylation is 1. The van der Waals surface area contributed by atoms with Crippen molar-refractivity contribution in [2.45, 2.75) is 19.4 Å². The van der Waals surface area contributed by atoms with E-state index in [2.05, 4.69) is 15.4 Å². The molecule has 0 radical (unpaired) electrons. The van der Waals surface area contributed by atoms with Gasteiger partial charge in [-0.15, -0.1) is 5.10 Å². The maximum atomic E-state index is 8.98. The Labute approximate surface area is 106 Å². The molecule has 0 aliphatic heterocycles. The molecule has 0 saturated carbocycles. The first-order valence-electron chi connectivity index (χ1n) is 5.93. The summed E-state index contributed by atoms with van der Waals surface area (Å²) in [6, 6.07) is 3.94. The second kappa shape index (κ2) is 5.79. The summed E-state index contributed by atoms with van der Waals surface area (Å²) in [4.78, 5) is 4.42. The lowest BCUT2D eigenvalue weighted by Gasteiger charge is -2.14. The fraction of sp³-hybridized carbons (Fsp3) is 0.500. The zero-order valence-corrected chi connectivity index (χ0v) is 10.6.